The van der Waals surface area contributed by atoms with E-state index in [-0.39, 0.29) is 0 Å². The number of carboxylic acid groups (broad SMARTS) is 1. The number of benzene rings is 1. The average Bonchev–Trinajstić information content (AvgIpc) is 2.31. The first-order valence-corrected chi connectivity index (χ1v) is 4.86. The lowest BCUT2D eigenvalue weighted by atomic mass is 10.2. The van der Waals surface area contributed by atoms with E-state index in [0.29, 0.717) is 5.69 Å². The lowest BCUT2D eigenvalue weighted by Crippen LogP contribution is -2.17. The minimum atomic E-state index is -1.70. The summed E-state index contributed by atoms with van der Waals surface area (Å²) in [6, 6.07) is 6.77. The van der Waals surface area contributed by atoms with Gasteiger partial charge in [-0.2, -0.15) is 5.11 Å². The first kappa shape index (κ1) is 13.4. The van der Waals surface area contributed by atoms with Gasteiger partial charge in [-0.25, -0.2) is 4.79 Å². The Morgan fingerprint density at radius 1 is 1.17 bits per heavy atom. The Balaban J connectivity index is 3.06. The van der Waals surface area contributed by atoms with Crippen molar-refractivity contribution in [3.63, 3.8) is 0 Å². The highest BCUT2D eigenvalue weighted by Crippen LogP contribution is 2.15. The summed E-state index contributed by atoms with van der Waals surface area (Å²) in [6.07, 6.45) is 0. The summed E-state index contributed by atoms with van der Waals surface area (Å²) in [5.41, 5.74) is 5.49. The highest BCUT2D eigenvalue weighted by molar-refractivity contribution is 5.99. The molecule has 0 unspecified atom stereocenters. The van der Waals surface area contributed by atoms with E-state index in [4.69, 9.17) is 15.9 Å². The van der Waals surface area contributed by atoms with Crippen LogP contribution in [0.1, 0.15) is 5.56 Å². The zero-order valence-electron chi connectivity index (χ0n) is 9.49. The van der Waals surface area contributed by atoms with Crippen LogP contribution in [0.4, 0.5) is 5.69 Å². The highest BCUT2D eigenvalue weighted by Gasteiger charge is 2.17. The number of rotatable bonds is 4. The van der Waals surface area contributed by atoms with Gasteiger partial charge in [-0.3, -0.25) is 4.79 Å². The number of nitrogens with zero attached hydrogens (tertiary/aromatic N) is 2. The van der Waals surface area contributed by atoms with Crippen molar-refractivity contribution in [1.82, 2.24) is 0 Å². The molecule has 0 bridgehead atoms. The summed E-state index contributed by atoms with van der Waals surface area (Å²) < 4.78 is 0. The molecule has 0 aromatic heterocycles. The lowest BCUT2D eigenvalue weighted by molar-refractivity contribution is -0.136. The van der Waals surface area contributed by atoms with Crippen molar-refractivity contribution < 1.29 is 19.8 Å². The zero-order chi connectivity index (χ0) is 13.7. The fourth-order valence-electron chi connectivity index (χ4n) is 1.03. The summed E-state index contributed by atoms with van der Waals surface area (Å²) in [7, 11) is 0. The molecule has 4 N–H and O–H groups in total. The van der Waals surface area contributed by atoms with Crippen LogP contribution < -0.4 is 5.73 Å². The number of aliphatic hydroxyl groups excluding tert-OH is 1. The van der Waals surface area contributed by atoms with E-state index < -0.39 is 23.3 Å². The van der Waals surface area contributed by atoms with Gasteiger partial charge in [0.15, 0.2) is 5.70 Å². The maximum absolute atomic E-state index is 10.9. The van der Waals surface area contributed by atoms with Crippen molar-refractivity contribution in [3.05, 3.63) is 41.3 Å². The number of hydrogen-bond acceptors (Lipinski definition) is 5. The number of aliphatic hydroxyl groups is 1. The predicted molar refractivity (Wildman–Crippen MR) is 62.2 cm³/mol. The zero-order valence-corrected chi connectivity index (χ0v) is 9.49. The Morgan fingerprint density at radius 3 is 2.17 bits per heavy atom. The van der Waals surface area contributed by atoms with Gasteiger partial charge in [0, 0.05) is 0 Å². The summed E-state index contributed by atoms with van der Waals surface area (Å²) in [4.78, 5) is 21.4. The number of primary amides is 1. The van der Waals surface area contributed by atoms with Crippen molar-refractivity contribution in [2.24, 2.45) is 16.0 Å². The van der Waals surface area contributed by atoms with Gasteiger partial charge in [-0.1, -0.05) is 17.7 Å². The number of amides is 1. The fraction of sp³-hybridized carbons (Fsp3) is 0.0909. The third-order valence-corrected chi connectivity index (χ3v) is 1.96. The molecular formula is C11H11N3O4. The van der Waals surface area contributed by atoms with Crippen LogP contribution in [0.3, 0.4) is 0 Å². The van der Waals surface area contributed by atoms with Crippen LogP contribution in [0, 0.1) is 6.92 Å². The second kappa shape index (κ2) is 5.58. The molecule has 0 aliphatic heterocycles. The molecule has 1 rings (SSSR count). The van der Waals surface area contributed by atoms with Gasteiger partial charge in [-0.05, 0) is 19.1 Å². The molecule has 94 valence electrons. The van der Waals surface area contributed by atoms with Crippen molar-refractivity contribution in [1.29, 1.82) is 0 Å². The maximum Gasteiger partial charge on any atom is 0.373 e. The van der Waals surface area contributed by atoms with Crippen LogP contribution in [-0.4, -0.2) is 22.1 Å². The minimum absolute atomic E-state index is 0.400. The molecule has 0 fully saturated rings. The van der Waals surface area contributed by atoms with Crippen LogP contribution in [0.2, 0.25) is 0 Å². The molecule has 0 saturated carbocycles. The standard InChI is InChI=1S/C11H11N3O4/c1-6-2-4-7(5-3-6)13-14-8(10(12)16)9(15)11(17)18/h2-5,15H,1H3,(H2,12,16)(H,17,18)/b9-8-,14-13?. The molecule has 0 saturated heterocycles. The largest absolute Gasteiger partial charge is 0.500 e. The first-order valence-electron chi connectivity index (χ1n) is 4.86. The Bertz CT molecular complexity index is 532. The molecule has 1 aromatic carbocycles. The number of azo groups is 1. The molecule has 0 heterocycles. The second-order valence-electron chi connectivity index (χ2n) is 3.40. The monoisotopic (exact) mass is 249 g/mol. The third-order valence-electron chi connectivity index (χ3n) is 1.96. The Labute approximate surface area is 102 Å². The average molecular weight is 249 g/mol. The molecule has 1 aromatic rings. The maximum atomic E-state index is 10.9. The third kappa shape index (κ3) is 3.41. The van der Waals surface area contributed by atoms with Gasteiger partial charge < -0.3 is 15.9 Å². The number of carbonyl (C=O) groups is 2. The quantitative estimate of drug-likeness (QED) is 0.423. The Hall–Kier alpha value is -2.70. The Kier molecular flexibility index (Phi) is 4.14. The van der Waals surface area contributed by atoms with Gasteiger partial charge in [0.2, 0.25) is 5.76 Å². The summed E-state index contributed by atoms with van der Waals surface area (Å²) in [5, 5.41) is 24.6. The van der Waals surface area contributed by atoms with Crippen molar-refractivity contribution >= 4 is 17.6 Å². The first-order chi connectivity index (χ1) is 8.41. The number of hydrogen-bond donors (Lipinski definition) is 3. The van der Waals surface area contributed by atoms with Crippen LogP contribution in [0.5, 0.6) is 0 Å². The molecule has 0 aliphatic rings. The van der Waals surface area contributed by atoms with Crippen LogP contribution in [0.15, 0.2) is 46.0 Å². The molecule has 1 amide bonds. The fourth-order valence-corrected chi connectivity index (χ4v) is 1.03. The van der Waals surface area contributed by atoms with E-state index in [9.17, 15) is 9.59 Å². The topological polar surface area (TPSA) is 125 Å². The smallest absolute Gasteiger partial charge is 0.373 e. The van der Waals surface area contributed by atoms with E-state index in [2.05, 4.69) is 10.2 Å². The van der Waals surface area contributed by atoms with E-state index in [0.717, 1.165) is 5.56 Å². The predicted octanol–water partition coefficient (Wildman–Crippen LogP) is 1.42. The molecule has 7 heteroatoms. The molecule has 0 atom stereocenters. The van der Waals surface area contributed by atoms with E-state index in [1.807, 2.05) is 6.92 Å². The molecule has 18 heavy (non-hydrogen) atoms. The SMILES string of the molecule is Cc1ccc(N=N/C(C(N)=O)=C(\O)C(=O)O)cc1. The van der Waals surface area contributed by atoms with Gasteiger partial charge in [-0.15, -0.1) is 5.11 Å². The summed E-state index contributed by atoms with van der Waals surface area (Å²) in [5.74, 6) is -4.12. The summed E-state index contributed by atoms with van der Waals surface area (Å²) >= 11 is 0. The second-order valence-corrected chi connectivity index (χ2v) is 3.40. The Morgan fingerprint density at radius 2 is 1.72 bits per heavy atom. The van der Waals surface area contributed by atoms with Gasteiger partial charge >= 0.3 is 5.97 Å². The normalized spacial score (nSPS) is 12.3. The number of aliphatic carboxylic acids is 1. The van der Waals surface area contributed by atoms with Gasteiger partial charge in [0.05, 0.1) is 5.69 Å². The number of carbonyl (C=O) groups excluding carboxylic acids is 1. The molecule has 0 spiro atoms. The van der Waals surface area contributed by atoms with E-state index in [1.54, 1.807) is 24.3 Å². The van der Waals surface area contributed by atoms with E-state index >= 15 is 0 Å². The number of aryl methyl sites for hydroxylation is 1. The van der Waals surface area contributed by atoms with Gasteiger partial charge in [0.1, 0.15) is 0 Å². The van der Waals surface area contributed by atoms with Crippen LogP contribution >= 0.6 is 0 Å². The molecule has 0 aliphatic carbocycles. The van der Waals surface area contributed by atoms with Crippen molar-refractivity contribution in [2.75, 3.05) is 0 Å². The van der Waals surface area contributed by atoms with Crippen molar-refractivity contribution in [3.8, 4) is 0 Å². The number of nitrogens with two attached hydrogens (primary N) is 1. The van der Waals surface area contributed by atoms with Crippen molar-refractivity contribution in [2.45, 2.75) is 6.92 Å². The highest BCUT2D eigenvalue weighted by atomic mass is 16.4. The molecular weight excluding hydrogens is 238 g/mol. The van der Waals surface area contributed by atoms with E-state index in [1.165, 1.54) is 0 Å². The van der Waals surface area contributed by atoms with Crippen LogP contribution in [0.25, 0.3) is 0 Å². The van der Waals surface area contributed by atoms with Crippen LogP contribution in [-0.2, 0) is 9.59 Å². The minimum Gasteiger partial charge on any atom is -0.500 e. The molecule has 7 nitrogen and oxygen atoms in total. The van der Waals surface area contributed by atoms with Gasteiger partial charge in [0.25, 0.3) is 5.91 Å². The molecule has 0 radical (unpaired) electrons. The lowest BCUT2D eigenvalue weighted by Gasteiger charge is -1.97. The summed E-state index contributed by atoms with van der Waals surface area (Å²) in [6.45, 7) is 1.88. The number of carboxylic acids is 1.